The Kier molecular flexibility index (Phi) is 6.79. The topological polar surface area (TPSA) is 104 Å². The molecule has 1 aliphatic heterocycles. The van der Waals surface area contributed by atoms with Gasteiger partial charge in [-0.2, -0.15) is 11.8 Å². The number of sulfone groups is 1. The summed E-state index contributed by atoms with van der Waals surface area (Å²) in [5.41, 5.74) is 0. The van der Waals surface area contributed by atoms with Gasteiger partial charge in [-0.1, -0.05) is 6.92 Å². The molecule has 1 heterocycles. The summed E-state index contributed by atoms with van der Waals surface area (Å²) in [6.07, 6.45) is 2.35. The number of urea groups is 1. The standard InChI is InChI=1S/C12H22N2O5S2/c1-3-9(7-20-2)13-12(17)14-4-5-21(18,19)8-10(14)6-11(15)16/h9-10H,3-8H2,1-2H3,(H,13,17)(H,15,16). The molecule has 7 nitrogen and oxygen atoms in total. The number of carboxylic acids is 1. The van der Waals surface area contributed by atoms with Gasteiger partial charge in [0.2, 0.25) is 0 Å². The van der Waals surface area contributed by atoms with Crippen molar-refractivity contribution in [2.24, 2.45) is 0 Å². The number of amides is 2. The molecule has 1 fully saturated rings. The average Bonchev–Trinajstić information content (AvgIpc) is 2.36. The van der Waals surface area contributed by atoms with E-state index in [1.54, 1.807) is 11.8 Å². The number of carboxylic acid groups (broad SMARTS) is 1. The van der Waals surface area contributed by atoms with E-state index in [0.29, 0.717) is 0 Å². The first kappa shape index (κ1) is 18.1. The van der Waals surface area contributed by atoms with Crippen molar-refractivity contribution in [3.05, 3.63) is 0 Å². The molecule has 9 heteroatoms. The minimum Gasteiger partial charge on any atom is -0.481 e. The lowest BCUT2D eigenvalue weighted by atomic mass is 10.2. The molecule has 0 aromatic heterocycles. The fourth-order valence-corrected chi connectivity index (χ4v) is 4.49. The van der Waals surface area contributed by atoms with Crippen LogP contribution in [0.5, 0.6) is 0 Å². The fraction of sp³-hybridized carbons (Fsp3) is 0.833. The lowest BCUT2D eigenvalue weighted by Gasteiger charge is -2.35. The zero-order valence-corrected chi connectivity index (χ0v) is 13.9. The second-order valence-corrected chi connectivity index (χ2v) is 8.21. The van der Waals surface area contributed by atoms with Gasteiger partial charge in [0.15, 0.2) is 9.84 Å². The molecule has 2 amide bonds. The van der Waals surface area contributed by atoms with Crippen molar-refractivity contribution in [2.75, 3.05) is 30.1 Å². The van der Waals surface area contributed by atoms with E-state index in [-0.39, 0.29) is 36.5 Å². The normalized spacial score (nSPS) is 22.6. The number of nitrogens with one attached hydrogen (secondary N) is 1. The maximum Gasteiger partial charge on any atom is 0.317 e. The van der Waals surface area contributed by atoms with Gasteiger partial charge in [0, 0.05) is 18.3 Å². The maximum atomic E-state index is 12.3. The van der Waals surface area contributed by atoms with Gasteiger partial charge in [0.25, 0.3) is 0 Å². The predicted octanol–water partition coefficient (Wildman–Crippen LogP) is 0.411. The van der Waals surface area contributed by atoms with Crippen molar-refractivity contribution in [3.63, 3.8) is 0 Å². The Bertz CT molecular complexity index is 480. The summed E-state index contributed by atoms with van der Waals surface area (Å²) < 4.78 is 23.3. The van der Waals surface area contributed by atoms with Gasteiger partial charge >= 0.3 is 12.0 Å². The van der Waals surface area contributed by atoms with Gasteiger partial charge in [-0.25, -0.2) is 13.2 Å². The number of carbonyl (C=O) groups is 2. The van der Waals surface area contributed by atoms with Crippen molar-refractivity contribution in [1.82, 2.24) is 10.2 Å². The molecular formula is C12H22N2O5S2. The fourth-order valence-electron chi connectivity index (χ4n) is 2.24. The Hall–Kier alpha value is -0.960. The molecule has 2 unspecified atom stereocenters. The van der Waals surface area contributed by atoms with Crippen LogP contribution in [0.1, 0.15) is 19.8 Å². The molecule has 1 saturated heterocycles. The van der Waals surface area contributed by atoms with Crippen molar-refractivity contribution >= 4 is 33.6 Å². The highest BCUT2D eigenvalue weighted by molar-refractivity contribution is 7.98. The summed E-state index contributed by atoms with van der Waals surface area (Å²) in [7, 11) is -3.28. The molecule has 0 aliphatic carbocycles. The van der Waals surface area contributed by atoms with Crippen LogP contribution in [0.15, 0.2) is 0 Å². The third-order valence-corrected chi connectivity index (χ3v) is 5.82. The van der Waals surface area contributed by atoms with Gasteiger partial charge in [-0.05, 0) is 12.7 Å². The van der Waals surface area contributed by atoms with Crippen molar-refractivity contribution in [3.8, 4) is 0 Å². The molecule has 2 atom stereocenters. The van der Waals surface area contributed by atoms with Gasteiger partial charge < -0.3 is 15.3 Å². The largest absolute Gasteiger partial charge is 0.481 e. The first-order valence-corrected chi connectivity index (χ1v) is 9.99. The monoisotopic (exact) mass is 338 g/mol. The first-order valence-electron chi connectivity index (χ1n) is 6.77. The third kappa shape index (κ3) is 5.74. The van der Waals surface area contributed by atoms with Crippen LogP contribution in [0.4, 0.5) is 4.79 Å². The summed E-state index contributed by atoms with van der Waals surface area (Å²) in [5.74, 6) is -0.745. The SMILES string of the molecule is CCC(CSC)NC(=O)N1CCS(=O)(=O)CC1CC(=O)O. The second-order valence-electron chi connectivity index (χ2n) is 5.07. The average molecular weight is 338 g/mol. The molecule has 0 radical (unpaired) electrons. The van der Waals surface area contributed by atoms with Gasteiger partial charge in [-0.3, -0.25) is 4.79 Å². The Morgan fingerprint density at radius 2 is 2.14 bits per heavy atom. The van der Waals surface area contributed by atoms with Crippen LogP contribution < -0.4 is 5.32 Å². The highest BCUT2D eigenvalue weighted by Crippen LogP contribution is 2.16. The summed E-state index contributed by atoms with van der Waals surface area (Å²) in [6.45, 7) is 2.00. The van der Waals surface area contributed by atoms with Crippen LogP contribution in [-0.4, -0.2) is 72.6 Å². The number of aliphatic carboxylic acids is 1. The second kappa shape index (κ2) is 7.88. The minimum absolute atomic E-state index is 0.00323. The van der Waals surface area contributed by atoms with E-state index in [9.17, 15) is 18.0 Å². The van der Waals surface area contributed by atoms with Crippen LogP contribution in [0, 0.1) is 0 Å². The molecule has 21 heavy (non-hydrogen) atoms. The number of nitrogens with zero attached hydrogens (tertiary/aromatic N) is 1. The minimum atomic E-state index is -3.28. The number of carbonyl (C=O) groups excluding carboxylic acids is 1. The van der Waals surface area contributed by atoms with E-state index < -0.39 is 21.8 Å². The maximum absolute atomic E-state index is 12.3. The van der Waals surface area contributed by atoms with E-state index in [1.807, 2.05) is 13.2 Å². The summed E-state index contributed by atoms with van der Waals surface area (Å²) in [5, 5.41) is 11.7. The molecule has 1 rings (SSSR count). The predicted molar refractivity (Wildman–Crippen MR) is 82.4 cm³/mol. The molecular weight excluding hydrogens is 316 g/mol. The van der Waals surface area contributed by atoms with Gasteiger partial charge in [-0.15, -0.1) is 0 Å². The van der Waals surface area contributed by atoms with E-state index >= 15 is 0 Å². The Morgan fingerprint density at radius 3 is 2.67 bits per heavy atom. The summed E-state index contributed by atoms with van der Waals surface area (Å²) >= 11 is 1.61. The quantitative estimate of drug-likeness (QED) is 0.727. The van der Waals surface area contributed by atoms with Crippen LogP contribution >= 0.6 is 11.8 Å². The lowest BCUT2D eigenvalue weighted by Crippen LogP contribution is -2.56. The van der Waals surface area contributed by atoms with Crippen molar-refractivity contribution < 1.29 is 23.1 Å². The van der Waals surface area contributed by atoms with E-state index in [0.717, 1.165) is 12.2 Å². The summed E-state index contributed by atoms with van der Waals surface area (Å²) in [4.78, 5) is 24.5. The lowest BCUT2D eigenvalue weighted by molar-refractivity contribution is -0.138. The van der Waals surface area contributed by atoms with Crippen LogP contribution in [0.25, 0.3) is 0 Å². The molecule has 122 valence electrons. The molecule has 2 N–H and O–H groups in total. The van der Waals surface area contributed by atoms with Crippen LogP contribution in [0.2, 0.25) is 0 Å². The number of hydrogen-bond acceptors (Lipinski definition) is 5. The third-order valence-electron chi connectivity index (χ3n) is 3.39. The Labute approximate surface area is 129 Å². The van der Waals surface area contributed by atoms with Crippen LogP contribution in [0.3, 0.4) is 0 Å². The Balaban J connectivity index is 2.77. The van der Waals surface area contributed by atoms with E-state index in [2.05, 4.69) is 5.32 Å². The first-order chi connectivity index (χ1) is 9.79. The summed E-state index contributed by atoms with van der Waals surface area (Å²) in [6, 6.07) is -1.18. The molecule has 0 spiro atoms. The molecule has 0 saturated carbocycles. The number of rotatable bonds is 6. The Morgan fingerprint density at radius 1 is 1.48 bits per heavy atom. The smallest absolute Gasteiger partial charge is 0.317 e. The molecule has 0 bridgehead atoms. The van der Waals surface area contributed by atoms with E-state index in [4.69, 9.17) is 5.11 Å². The molecule has 0 aromatic carbocycles. The zero-order chi connectivity index (χ0) is 16.0. The van der Waals surface area contributed by atoms with Gasteiger partial charge in [0.1, 0.15) is 0 Å². The van der Waals surface area contributed by atoms with Crippen molar-refractivity contribution in [1.29, 1.82) is 0 Å². The van der Waals surface area contributed by atoms with Gasteiger partial charge in [0.05, 0.1) is 24.0 Å². The highest BCUT2D eigenvalue weighted by atomic mass is 32.2. The van der Waals surface area contributed by atoms with E-state index in [1.165, 1.54) is 4.90 Å². The molecule has 0 aromatic rings. The molecule has 1 aliphatic rings. The van der Waals surface area contributed by atoms with Crippen molar-refractivity contribution in [2.45, 2.75) is 31.8 Å². The number of thioether (sulfide) groups is 1. The van der Waals surface area contributed by atoms with Crippen LogP contribution in [-0.2, 0) is 14.6 Å². The number of hydrogen-bond donors (Lipinski definition) is 2. The highest BCUT2D eigenvalue weighted by Gasteiger charge is 2.35. The zero-order valence-electron chi connectivity index (χ0n) is 12.2.